The van der Waals surface area contributed by atoms with Crippen LogP contribution in [0.2, 0.25) is 0 Å². The molecule has 2 heterocycles. The van der Waals surface area contributed by atoms with Crippen molar-refractivity contribution >= 4 is 11.8 Å². The van der Waals surface area contributed by atoms with E-state index in [1.807, 2.05) is 0 Å². The Kier molecular flexibility index (Phi) is 5.30. The highest BCUT2D eigenvalue weighted by atomic mass is 19.4. The number of hydrogen-bond acceptors (Lipinski definition) is 4. The molecule has 0 radical (unpaired) electrons. The van der Waals surface area contributed by atoms with E-state index >= 15 is 0 Å². The maximum absolute atomic E-state index is 12.8. The van der Waals surface area contributed by atoms with Gasteiger partial charge < -0.3 is 14.5 Å². The summed E-state index contributed by atoms with van der Waals surface area (Å²) < 4.78 is 40.5. The number of benzene rings is 1. The fourth-order valence-corrected chi connectivity index (χ4v) is 3.13. The normalized spacial score (nSPS) is 16.9. The molecule has 1 saturated heterocycles. The number of ether oxygens (including phenoxy) is 1. The van der Waals surface area contributed by atoms with Gasteiger partial charge in [-0.15, -0.1) is 13.2 Å². The highest BCUT2D eigenvalue weighted by Crippen LogP contribution is 2.27. The number of H-pyrrole nitrogens is 1. The van der Waals surface area contributed by atoms with E-state index in [1.165, 1.54) is 40.1 Å². The van der Waals surface area contributed by atoms with Crippen molar-refractivity contribution in [2.45, 2.75) is 25.2 Å². The summed E-state index contributed by atoms with van der Waals surface area (Å²) in [6, 6.07) is 6.18. The monoisotopic (exact) mass is 396 g/mol. The third-order valence-electron chi connectivity index (χ3n) is 4.43. The summed E-state index contributed by atoms with van der Waals surface area (Å²) in [7, 11) is 3.29. The number of carbonyl (C=O) groups is 2. The van der Waals surface area contributed by atoms with Crippen molar-refractivity contribution < 1.29 is 27.5 Å². The van der Waals surface area contributed by atoms with Gasteiger partial charge in [-0.3, -0.25) is 14.7 Å². The molecule has 1 aromatic carbocycles. The molecular weight excluding hydrogens is 377 g/mol. The molecule has 0 aliphatic carbocycles. The zero-order valence-electron chi connectivity index (χ0n) is 15.3. The van der Waals surface area contributed by atoms with Crippen LogP contribution in [0.5, 0.6) is 5.75 Å². The Balaban J connectivity index is 1.75. The van der Waals surface area contributed by atoms with Crippen molar-refractivity contribution in [3.63, 3.8) is 0 Å². The lowest BCUT2D eigenvalue weighted by Gasteiger charge is -2.25. The highest BCUT2D eigenvalue weighted by Gasteiger charge is 2.36. The van der Waals surface area contributed by atoms with Crippen LogP contribution in [-0.2, 0) is 4.79 Å². The molecular formula is C18H19F3N4O3. The van der Waals surface area contributed by atoms with E-state index in [0.29, 0.717) is 24.2 Å². The summed E-state index contributed by atoms with van der Waals surface area (Å²) >= 11 is 0. The summed E-state index contributed by atoms with van der Waals surface area (Å²) in [6.07, 6.45) is -3.42. The minimum absolute atomic E-state index is 0.133. The molecule has 2 aromatic rings. The van der Waals surface area contributed by atoms with Crippen molar-refractivity contribution in [2.24, 2.45) is 0 Å². The first kappa shape index (κ1) is 19.7. The zero-order chi connectivity index (χ0) is 20.5. The summed E-state index contributed by atoms with van der Waals surface area (Å²) in [5.41, 5.74) is 1.13. The number of aromatic nitrogens is 2. The minimum Gasteiger partial charge on any atom is -0.406 e. The molecule has 28 heavy (non-hydrogen) atoms. The van der Waals surface area contributed by atoms with Crippen LogP contribution in [-0.4, -0.2) is 64.9 Å². The smallest absolute Gasteiger partial charge is 0.406 e. The average Bonchev–Trinajstić information content (AvgIpc) is 3.29. The number of aromatic amines is 1. The topological polar surface area (TPSA) is 78.5 Å². The number of likely N-dealkylation sites (N-methyl/N-ethyl adjacent to an activating group) is 1. The minimum atomic E-state index is -4.76. The maximum Gasteiger partial charge on any atom is 0.573 e. The van der Waals surface area contributed by atoms with Gasteiger partial charge >= 0.3 is 6.36 Å². The number of hydrogen-bond donors (Lipinski definition) is 1. The Morgan fingerprint density at radius 2 is 1.93 bits per heavy atom. The van der Waals surface area contributed by atoms with E-state index in [9.17, 15) is 22.8 Å². The molecule has 0 unspecified atom stereocenters. The summed E-state index contributed by atoms with van der Waals surface area (Å²) in [5, 5.41) is 6.70. The number of amides is 2. The third kappa shape index (κ3) is 4.26. The van der Waals surface area contributed by atoms with Crippen molar-refractivity contribution in [3.8, 4) is 17.0 Å². The number of likely N-dealkylation sites (tertiary alicyclic amines) is 1. The van der Waals surface area contributed by atoms with Crippen LogP contribution in [0.1, 0.15) is 23.3 Å². The molecule has 1 N–H and O–H groups in total. The first-order valence-electron chi connectivity index (χ1n) is 8.59. The van der Waals surface area contributed by atoms with Crippen LogP contribution in [0.4, 0.5) is 13.2 Å². The maximum atomic E-state index is 12.8. The van der Waals surface area contributed by atoms with Crippen LogP contribution in [0.15, 0.2) is 30.3 Å². The number of nitrogens with zero attached hydrogens (tertiary/aromatic N) is 3. The molecule has 7 nitrogen and oxygen atoms in total. The van der Waals surface area contributed by atoms with Crippen molar-refractivity contribution in [1.82, 2.24) is 20.0 Å². The van der Waals surface area contributed by atoms with Crippen LogP contribution < -0.4 is 4.74 Å². The van der Waals surface area contributed by atoms with Gasteiger partial charge in [0.1, 0.15) is 17.5 Å². The third-order valence-corrected chi connectivity index (χ3v) is 4.43. The summed E-state index contributed by atoms with van der Waals surface area (Å²) in [6.45, 7) is 0.473. The van der Waals surface area contributed by atoms with Crippen molar-refractivity contribution in [2.75, 3.05) is 20.6 Å². The molecule has 150 valence electrons. The lowest BCUT2D eigenvalue weighted by atomic mass is 10.1. The molecule has 1 atom stereocenters. The SMILES string of the molecule is CN(C)C(=O)[C@@H]1CCCN1C(=O)c1cc(-c2ccc(OC(F)(F)F)cc2)n[nH]1. The van der Waals surface area contributed by atoms with Crippen LogP contribution in [0, 0.1) is 0 Å². The molecule has 0 saturated carbocycles. The molecule has 1 aromatic heterocycles. The molecule has 1 fully saturated rings. The van der Waals surface area contributed by atoms with E-state index in [4.69, 9.17) is 0 Å². The van der Waals surface area contributed by atoms with Gasteiger partial charge in [0, 0.05) is 26.2 Å². The van der Waals surface area contributed by atoms with E-state index in [-0.39, 0.29) is 23.3 Å². The number of rotatable bonds is 4. The molecule has 1 aliphatic heterocycles. The standard InChI is InChI=1S/C18H19F3N4O3/c1-24(2)17(27)15-4-3-9-25(15)16(26)14-10-13(22-23-14)11-5-7-12(8-6-11)28-18(19,20)21/h5-8,10,15H,3-4,9H2,1-2H3,(H,22,23)/t15-/m0/s1. The van der Waals surface area contributed by atoms with Gasteiger partial charge in [0.2, 0.25) is 5.91 Å². The van der Waals surface area contributed by atoms with E-state index in [0.717, 1.165) is 6.42 Å². The highest BCUT2D eigenvalue weighted by molar-refractivity contribution is 5.97. The molecule has 0 bridgehead atoms. The van der Waals surface area contributed by atoms with Gasteiger partial charge in [-0.25, -0.2) is 0 Å². The second-order valence-electron chi connectivity index (χ2n) is 6.63. The Labute approximate surface area is 159 Å². The fourth-order valence-electron chi connectivity index (χ4n) is 3.13. The molecule has 1 aliphatic rings. The lowest BCUT2D eigenvalue weighted by molar-refractivity contribution is -0.274. The average molecular weight is 396 g/mol. The fraction of sp³-hybridized carbons (Fsp3) is 0.389. The van der Waals surface area contributed by atoms with E-state index in [1.54, 1.807) is 14.1 Å². The van der Waals surface area contributed by atoms with Gasteiger partial charge in [-0.05, 0) is 43.2 Å². The Morgan fingerprint density at radius 3 is 2.54 bits per heavy atom. The van der Waals surface area contributed by atoms with Crippen LogP contribution in [0.3, 0.4) is 0 Å². The predicted octanol–water partition coefficient (Wildman–Crippen LogP) is 2.67. The van der Waals surface area contributed by atoms with Gasteiger partial charge in [0.25, 0.3) is 5.91 Å². The van der Waals surface area contributed by atoms with Crippen LogP contribution in [0.25, 0.3) is 11.3 Å². The predicted molar refractivity (Wildman–Crippen MR) is 93.5 cm³/mol. The molecule has 2 amide bonds. The number of halogens is 3. The van der Waals surface area contributed by atoms with Crippen LogP contribution >= 0.6 is 0 Å². The Hall–Kier alpha value is -3.04. The van der Waals surface area contributed by atoms with Crippen molar-refractivity contribution in [1.29, 1.82) is 0 Å². The van der Waals surface area contributed by atoms with Gasteiger partial charge in [-0.2, -0.15) is 5.10 Å². The summed E-state index contributed by atoms with van der Waals surface area (Å²) in [5.74, 6) is -0.815. The first-order valence-corrected chi connectivity index (χ1v) is 8.59. The second kappa shape index (κ2) is 7.53. The molecule has 10 heteroatoms. The van der Waals surface area contributed by atoms with Gasteiger partial charge in [-0.1, -0.05) is 0 Å². The Morgan fingerprint density at radius 1 is 1.25 bits per heavy atom. The molecule has 0 spiro atoms. The van der Waals surface area contributed by atoms with Crippen molar-refractivity contribution in [3.05, 3.63) is 36.0 Å². The van der Waals surface area contributed by atoms with Gasteiger partial charge in [0.15, 0.2) is 0 Å². The quantitative estimate of drug-likeness (QED) is 0.862. The number of nitrogens with one attached hydrogen (secondary N) is 1. The zero-order valence-corrected chi connectivity index (χ0v) is 15.3. The largest absolute Gasteiger partial charge is 0.573 e. The molecule has 3 rings (SSSR count). The number of alkyl halides is 3. The lowest BCUT2D eigenvalue weighted by Crippen LogP contribution is -2.45. The number of carbonyl (C=O) groups excluding carboxylic acids is 2. The first-order chi connectivity index (χ1) is 13.2. The Bertz CT molecular complexity index is 862. The van der Waals surface area contributed by atoms with E-state index in [2.05, 4.69) is 14.9 Å². The second-order valence-corrected chi connectivity index (χ2v) is 6.63. The van der Waals surface area contributed by atoms with Gasteiger partial charge in [0.05, 0.1) is 5.69 Å². The summed E-state index contributed by atoms with van der Waals surface area (Å²) in [4.78, 5) is 28.0. The van der Waals surface area contributed by atoms with E-state index < -0.39 is 12.4 Å².